The van der Waals surface area contributed by atoms with Crippen molar-refractivity contribution in [2.24, 2.45) is 0 Å². The van der Waals surface area contributed by atoms with Crippen molar-refractivity contribution in [3.63, 3.8) is 0 Å². The molecule has 0 atom stereocenters. The summed E-state index contributed by atoms with van der Waals surface area (Å²) in [6.07, 6.45) is 11.6. The van der Waals surface area contributed by atoms with E-state index in [1.807, 2.05) is 80.0 Å². The molecule has 6 aromatic heterocycles. The maximum absolute atomic E-state index is 6.48. The normalized spacial score (nSPS) is 12.3. The molecule has 0 saturated carbocycles. The number of hydrogen-bond donors (Lipinski definition) is 0. The van der Waals surface area contributed by atoms with Crippen LogP contribution in [0.3, 0.4) is 0 Å². The summed E-state index contributed by atoms with van der Waals surface area (Å²) in [6.45, 7) is 6.00. The minimum atomic E-state index is 0.509. The van der Waals surface area contributed by atoms with E-state index in [4.69, 9.17) is 24.4 Å². The van der Waals surface area contributed by atoms with Crippen molar-refractivity contribution in [3.8, 4) is 34.3 Å². The largest absolute Gasteiger partial charge is 0.456 e. The summed E-state index contributed by atoms with van der Waals surface area (Å²) in [5.41, 5.74) is 10.8. The molecule has 0 aliphatic carbocycles. The number of para-hydroxylation sites is 3. The number of furan rings is 1. The highest BCUT2D eigenvalue weighted by Gasteiger charge is 2.25. The lowest BCUT2D eigenvalue weighted by Crippen LogP contribution is -2.01. The highest BCUT2D eigenvalue weighted by molar-refractivity contribution is 6.21. The van der Waals surface area contributed by atoms with Crippen molar-refractivity contribution in [2.45, 2.75) is 6.92 Å². The van der Waals surface area contributed by atoms with Crippen molar-refractivity contribution in [3.05, 3.63) is 188 Å². The van der Waals surface area contributed by atoms with Gasteiger partial charge in [0.15, 0.2) is 5.82 Å². The van der Waals surface area contributed by atoms with Crippen LogP contribution in [0.4, 0.5) is 0 Å². The van der Waals surface area contributed by atoms with E-state index >= 15 is 0 Å². The zero-order valence-corrected chi connectivity index (χ0v) is 31.5. The summed E-state index contributed by atoms with van der Waals surface area (Å²) < 4.78 is 11.0. The van der Waals surface area contributed by atoms with Gasteiger partial charge in [0.2, 0.25) is 0 Å². The Morgan fingerprint density at radius 1 is 0.603 bits per heavy atom. The van der Waals surface area contributed by atoms with E-state index in [1.54, 1.807) is 6.08 Å². The van der Waals surface area contributed by atoms with Crippen LogP contribution < -0.4 is 0 Å². The number of fused-ring (bicyclic) bond motifs is 9. The van der Waals surface area contributed by atoms with Crippen LogP contribution in [-0.4, -0.2) is 29.1 Å². The fourth-order valence-electron chi connectivity index (χ4n) is 8.48. The second kappa shape index (κ2) is 13.4. The van der Waals surface area contributed by atoms with Crippen molar-refractivity contribution in [1.29, 1.82) is 0 Å². The topological polar surface area (TPSA) is 74.6 Å². The molecule has 0 saturated heterocycles. The van der Waals surface area contributed by atoms with Crippen molar-refractivity contribution in [2.75, 3.05) is 0 Å². The Morgan fingerprint density at radius 3 is 2.14 bits per heavy atom. The number of allylic oxidation sites excluding steroid dienone is 5. The van der Waals surface area contributed by atoms with Crippen molar-refractivity contribution in [1.82, 2.24) is 29.1 Å². The fraction of sp³-hybridized carbons (Fsp3) is 0.0196. The first kappa shape index (κ1) is 33.4. The van der Waals surface area contributed by atoms with Crippen molar-refractivity contribution < 1.29 is 4.42 Å². The molecule has 58 heavy (non-hydrogen) atoms. The van der Waals surface area contributed by atoms with E-state index in [0.717, 1.165) is 99.6 Å². The van der Waals surface area contributed by atoms with Gasteiger partial charge in [-0.2, -0.15) is 0 Å². The molecule has 6 heterocycles. The molecule has 274 valence electrons. The highest BCUT2D eigenvalue weighted by Crippen LogP contribution is 2.43. The van der Waals surface area contributed by atoms with Gasteiger partial charge in [0.05, 0.1) is 38.8 Å². The van der Waals surface area contributed by atoms with Gasteiger partial charge < -0.3 is 8.98 Å². The summed E-state index contributed by atoms with van der Waals surface area (Å²) in [5, 5.41) is 6.25. The molecule has 0 amide bonds. The molecule has 0 bridgehead atoms. The second-order valence-electron chi connectivity index (χ2n) is 14.3. The third kappa shape index (κ3) is 5.14. The Kier molecular flexibility index (Phi) is 7.72. The molecule has 0 unspecified atom stereocenters. The third-order valence-electron chi connectivity index (χ3n) is 10.9. The van der Waals surface area contributed by atoms with E-state index in [2.05, 4.69) is 113 Å². The maximum atomic E-state index is 6.48. The van der Waals surface area contributed by atoms with Crippen molar-refractivity contribution >= 4 is 71.1 Å². The van der Waals surface area contributed by atoms with Gasteiger partial charge in [-0.15, -0.1) is 0 Å². The maximum Gasteiger partial charge on any atom is 0.180 e. The summed E-state index contributed by atoms with van der Waals surface area (Å²) in [5.74, 6) is 1.28. The molecule has 5 aromatic carbocycles. The first-order valence-corrected chi connectivity index (χ1v) is 19.3. The van der Waals surface area contributed by atoms with Gasteiger partial charge in [0.1, 0.15) is 22.7 Å². The smallest absolute Gasteiger partial charge is 0.180 e. The zero-order chi connectivity index (χ0) is 38.7. The second-order valence-corrected chi connectivity index (χ2v) is 14.3. The Balaban J connectivity index is 1.28. The molecule has 0 aliphatic heterocycles. The van der Waals surface area contributed by atoms with Crippen LogP contribution in [-0.2, 0) is 0 Å². The lowest BCUT2D eigenvalue weighted by molar-refractivity contribution is 0.669. The monoisotopic (exact) mass is 746 g/mol. The minimum Gasteiger partial charge on any atom is -0.456 e. The summed E-state index contributed by atoms with van der Waals surface area (Å²) in [4.78, 5) is 20.9. The quantitative estimate of drug-likeness (QED) is 0.152. The number of rotatable bonds is 7. The molecule has 0 aliphatic rings. The summed E-state index contributed by atoms with van der Waals surface area (Å²) >= 11 is 0. The summed E-state index contributed by atoms with van der Waals surface area (Å²) in [6, 6.07) is 48.0. The van der Waals surface area contributed by atoms with Crippen LogP contribution >= 0.6 is 0 Å². The Bertz CT molecular complexity index is 3480. The van der Waals surface area contributed by atoms with Gasteiger partial charge in [0, 0.05) is 56.6 Å². The van der Waals surface area contributed by atoms with Crippen LogP contribution in [0.25, 0.3) is 105 Å². The molecular weight excluding hydrogens is 713 g/mol. The molecule has 0 spiro atoms. The third-order valence-corrected chi connectivity index (χ3v) is 10.9. The first-order chi connectivity index (χ1) is 28.7. The SMILES string of the molecule is C=C/C=C(\C=C/C)c1cc(-c2ccccc2)nc(-c2nccc3c2c2c(-n4c5ccccc5c5cc6c(cc54)oc4ccccc46)nccc2n3-c2ccccc2)n1. The number of aromatic nitrogens is 6. The van der Waals surface area contributed by atoms with Gasteiger partial charge in [-0.25, -0.2) is 15.0 Å². The molecule has 11 rings (SSSR count). The zero-order valence-electron chi connectivity index (χ0n) is 31.5. The molecular formula is C51H34N6O. The molecule has 0 radical (unpaired) electrons. The average Bonchev–Trinajstić information content (AvgIpc) is 3.93. The van der Waals surface area contributed by atoms with E-state index in [0.29, 0.717) is 11.5 Å². The van der Waals surface area contributed by atoms with Gasteiger partial charge in [-0.3, -0.25) is 9.55 Å². The number of hydrogen-bond acceptors (Lipinski definition) is 5. The van der Waals surface area contributed by atoms with Gasteiger partial charge in [0.25, 0.3) is 0 Å². The lowest BCUT2D eigenvalue weighted by atomic mass is 10.1. The van der Waals surface area contributed by atoms with Crippen LogP contribution in [0.5, 0.6) is 0 Å². The van der Waals surface area contributed by atoms with Crippen LogP contribution in [0.1, 0.15) is 12.6 Å². The number of pyridine rings is 2. The number of nitrogens with zero attached hydrogens (tertiary/aromatic N) is 6. The van der Waals surface area contributed by atoms with Crippen LogP contribution in [0.2, 0.25) is 0 Å². The van der Waals surface area contributed by atoms with E-state index in [9.17, 15) is 0 Å². The average molecular weight is 747 g/mol. The van der Waals surface area contributed by atoms with Gasteiger partial charge in [-0.05, 0) is 61.0 Å². The molecule has 7 heteroatoms. The molecule has 7 nitrogen and oxygen atoms in total. The van der Waals surface area contributed by atoms with E-state index in [1.165, 1.54) is 0 Å². The first-order valence-electron chi connectivity index (χ1n) is 19.3. The lowest BCUT2D eigenvalue weighted by Gasteiger charge is -2.11. The minimum absolute atomic E-state index is 0.509. The molecule has 11 aromatic rings. The Labute approximate surface area is 333 Å². The van der Waals surface area contributed by atoms with Gasteiger partial charge >= 0.3 is 0 Å². The van der Waals surface area contributed by atoms with E-state index in [-0.39, 0.29) is 0 Å². The predicted octanol–water partition coefficient (Wildman–Crippen LogP) is 12.8. The standard InChI is InChI=1S/C51H34N6O/c1-3-15-32(16-4-2)39-30-40(33-17-7-5-8-18-33)55-50(54-39)49-47-42(25-27-52-49)56(34-19-9-6-10-20-34)43-26-28-53-51(48(43)47)57-41-23-13-11-21-35(41)37-29-38-36-22-12-14-24-45(36)58-46(38)31-44(37)57/h3-31H,1H2,2H3/b16-4-,32-15+. The van der Waals surface area contributed by atoms with Crippen LogP contribution in [0.15, 0.2) is 187 Å². The number of benzene rings is 5. The fourth-order valence-corrected chi connectivity index (χ4v) is 8.48. The Morgan fingerprint density at radius 2 is 1.33 bits per heavy atom. The van der Waals surface area contributed by atoms with E-state index < -0.39 is 0 Å². The summed E-state index contributed by atoms with van der Waals surface area (Å²) in [7, 11) is 0. The molecule has 0 N–H and O–H groups in total. The van der Waals surface area contributed by atoms with Crippen LogP contribution in [0, 0.1) is 0 Å². The highest BCUT2D eigenvalue weighted by atomic mass is 16.3. The molecule has 0 fully saturated rings. The predicted molar refractivity (Wildman–Crippen MR) is 237 cm³/mol. The van der Waals surface area contributed by atoms with Gasteiger partial charge in [-0.1, -0.05) is 116 Å². The Hall–Kier alpha value is -7.90.